The predicted molar refractivity (Wildman–Crippen MR) is 90.5 cm³/mol. The molecule has 0 saturated heterocycles. The number of amides is 1. The van der Waals surface area contributed by atoms with Gasteiger partial charge in [0.15, 0.2) is 0 Å². The summed E-state index contributed by atoms with van der Waals surface area (Å²) in [4.78, 5) is 16.4. The van der Waals surface area contributed by atoms with Crippen LogP contribution in [0.3, 0.4) is 0 Å². The Hall–Kier alpha value is -1.95. The third-order valence-electron chi connectivity index (χ3n) is 4.36. The van der Waals surface area contributed by atoms with E-state index >= 15 is 0 Å². The Morgan fingerprint density at radius 1 is 1.33 bits per heavy atom. The third-order valence-corrected chi connectivity index (χ3v) is 4.71. The fourth-order valence-corrected chi connectivity index (χ4v) is 3.18. The Balaban J connectivity index is 1.63. The quantitative estimate of drug-likeness (QED) is 0.747. The maximum absolute atomic E-state index is 12.4. The van der Waals surface area contributed by atoms with E-state index in [9.17, 15) is 15.0 Å². The molecule has 126 valence electrons. The molecule has 1 aliphatic carbocycles. The van der Waals surface area contributed by atoms with Crippen LogP contribution in [0.5, 0.6) is 0 Å². The second-order valence-corrected chi connectivity index (χ2v) is 6.41. The number of aromatic nitrogens is 1. The van der Waals surface area contributed by atoms with Crippen LogP contribution >= 0.6 is 11.6 Å². The van der Waals surface area contributed by atoms with Gasteiger partial charge in [-0.3, -0.25) is 9.78 Å². The van der Waals surface area contributed by atoms with E-state index in [0.717, 1.165) is 12.0 Å². The molecule has 2 aromatic rings. The molecule has 1 aromatic heterocycles. The second-order valence-electron chi connectivity index (χ2n) is 6.00. The summed E-state index contributed by atoms with van der Waals surface area (Å²) in [6.45, 7) is -0.356. The van der Waals surface area contributed by atoms with Crippen molar-refractivity contribution < 1.29 is 15.0 Å². The van der Waals surface area contributed by atoms with Gasteiger partial charge in [0.25, 0.3) is 0 Å². The second kappa shape index (κ2) is 7.30. The van der Waals surface area contributed by atoms with Gasteiger partial charge in [0.1, 0.15) is 6.10 Å². The topological polar surface area (TPSA) is 82.5 Å². The van der Waals surface area contributed by atoms with Crippen LogP contribution in [0.25, 0.3) is 0 Å². The highest BCUT2D eigenvalue weighted by Crippen LogP contribution is 2.49. The van der Waals surface area contributed by atoms with Crippen molar-refractivity contribution in [2.45, 2.75) is 24.5 Å². The van der Waals surface area contributed by atoms with Gasteiger partial charge in [-0.15, -0.1) is 0 Å². The summed E-state index contributed by atoms with van der Waals surface area (Å²) in [5.41, 5.74) is 1.52. The zero-order valence-electron chi connectivity index (χ0n) is 13.0. The van der Waals surface area contributed by atoms with Crippen LogP contribution in [0.4, 0.5) is 0 Å². The van der Waals surface area contributed by atoms with E-state index in [0.29, 0.717) is 10.6 Å². The molecule has 6 heteroatoms. The lowest BCUT2D eigenvalue weighted by atomic mass is 10.0. The van der Waals surface area contributed by atoms with Gasteiger partial charge < -0.3 is 15.5 Å². The van der Waals surface area contributed by atoms with Crippen LogP contribution in [0, 0.1) is 5.92 Å². The molecule has 0 spiro atoms. The summed E-state index contributed by atoms with van der Waals surface area (Å²) in [5.74, 6) is -0.268. The summed E-state index contributed by atoms with van der Waals surface area (Å²) in [6, 6.07) is 10.1. The molecule has 4 atom stereocenters. The number of hydrogen-bond acceptors (Lipinski definition) is 4. The van der Waals surface area contributed by atoms with Crippen LogP contribution in [0.1, 0.15) is 29.6 Å². The van der Waals surface area contributed by atoms with Gasteiger partial charge in [-0.25, -0.2) is 0 Å². The lowest BCUT2D eigenvalue weighted by Crippen LogP contribution is -2.42. The molecule has 24 heavy (non-hydrogen) atoms. The minimum atomic E-state index is -1.01. The number of nitrogens with zero attached hydrogens (tertiary/aromatic N) is 1. The molecule has 5 nitrogen and oxygen atoms in total. The fraction of sp³-hybridized carbons (Fsp3) is 0.333. The summed E-state index contributed by atoms with van der Waals surface area (Å²) in [5, 5.41) is 23.2. The zero-order valence-corrected chi connectivity index (χ0v) is 13.7. The molecule has 1 heterocycles. The Kier molecular flexibility index (Phi) is 5.14. The van der Waals surface area contributed by atoms with Gasteiger partial charge in [0, 0.05) is 28.9 Å². The van der Waals surface area contributed by atoms with E-state index < -0.39 is 12.1 Å². The first-order valence-electron chi connectivity index (χ1n) is 7.85. The number of aliphatic hydroxyl groups excluding tert-OH is 2. The predicted octanol–water partition coefficient (Wildman–Crippen LogP) is 2.05. The minimum absolute atomic E-state index is 0.0913. The average molecular weight is 347 g/mol. The highest BCUT2D eigenvalue weighted by molar-refractivity contribution is 6.31. The maximum Gasteiger partial charge on any atom is 0.224 e. The first-order chi connectivity index (χ1) is 11.6. The number of hydrogen-bond donors (Lipinski definition) is 3. The number of halogens is 1. The summed E-state index contributed by atoms with van der Waals surface area (Å²) in [7, 11) is 0. The molecular weight excluding hydrogens is 328 g/mol. The number of nitrogens with one attached hydrogen (secondary N) is 1. The molecule has 1 fully saturated rings. The number of rotatable bonds is 6. The summed E-state index contributed by atoms with van der Waals surface area (Å²) < 4.78 is 0. The van der Waals surface area contributed by atoms with Crippen LogP contribution in [0.2, 0.25) is 5.02 Å². The van der Waals surface area contributed by atoms with E-state index in [4.69, 9.17) is 11.6 Å². The van der Waals surface area contributed by atoms with Crippen molar-refractivity contribution in [2.24, 2.45) is 5.92 Å². The van der Waals surface area contributed by atoms with Gasteiger partial charge in [-0.2, -0.15) is 0 Å². The number of pyridine rings is 1. The molecule has 3 N–H and O–H groups in total. The Morgan fingerprint density at radius 3 is 2.79 bits per heavy atom. The van der Waals surface area contributed by atoms with Crippen molar-refractivity contribution in [1.29, 1.82) is 0 Å². The minimum Gasteiger partial charge on any atom is -0.394 e. The first-order valence-corrected chi connectivity index (χ1v) is 8.23. The molecule has 0 bridgehead atoms. The standard InChI is InChI=1S/C18H19ClN2O3/c19-15-6-2-1-5-12(15)13-8-14(13)18(24)21-16(10-22)17(23)11-4-3-7-20-9-11/h1-7,9,13-14,16-17,22-23H,8,10H2,(H,21,24)/t13-,14+,16-,17+/m0/s1. The third kappa shape index (κ3) is 3.59. The largest absolute Gasteiger partial charge is 0.394 e. The van der Waals surface area contributed by atoms with E-state index in [-0.39, 0.29) is 24.3 Å². The van der Waals surface area contributed by atoms with Crippen LogP contribution in [-0.4, -0.2) is 33.8 Å². The highest BCUT2D eigenvalue weighted by Gasteiger charge is 2.45. The monoisotopic (exact) mass is 346 g/mol. The van der Waals surface area contributed by atoms with Crippen molar-refractivity contribution in [3.63, 3.8) is 0 Å². The lowest BCUT2D eigenvalue weighted by molar-refractivity contribution is -0.124. The number of carbonyl (C=O) groups is 1. The molecule has 0 unspecified atom stereocenters. The van der Waals surface area contributed by atoms with E-state index in [1.54, 1.807) is 18.3 Å². The van der Waals surface area contributed by atoms with E-state index in [1.807, 2.05) is 24.3 Å². The van der Waals surface area contributed by atoms with Crippen molar-refractivity contribution in [1.82, 2.24) is 10.3 Å². The van der Waals surface area contributed by atoms with E-state index in [2.05, 4.69) is 10.3 Å². The van der Waals surface area contributed by atoms with Crippen LogP contribution in [0.15, 0.2) is 48.8 Å². The highest BCUT2D eigenvalue weighted by atomic mass is 35.5. The average Bonchev–Trinajstić information content (AvgIpc) is 3.40. The van der Waals surface area contributed by atoms with Crippen molar-refractivity contribution in [3.8, 4) is 0 Å². The molecule has 1 aromatic carbocycles. The van der Waals surface area contributed by atoms with Crippen molar-refractivity contribution in [3.05, 3.63) is 64.9 Å². The van der Waals surface area contributed by atoms with Crippen LogP contribution in [-0.2, 0) is 4.79 Å². The molecule has 1 amide bonds. The summed E-state index contributed by atoms with van der Waals surface area (Å²) in [6.07, 6.45) is 2.83. The molecule has 0 aliphatic heterocycles. The Morgan fingerprint density at radius 2 is 2.12 bits per heavy atom. The smallest absolute Gasteiger partial charge is 0.224 e. The summed E-state index contributed by atoms with van der Waals surface area (Å²) >= 11 is 6.17. The van der Waals surface area contributed by atoms with Gasteiger partial charge in [0.2, 0.25) is 5.91 Å². The lowest BCUT2D eigenvalue weighted by Gasteiger charge is -2.22. The van der Waals surface area contributed by atoms with Gasteiger partial charge in [-0.1, -0.05) is 35.9 Å². The Labute approximate surface area is 145 Å². The molecule has 3 rings (SSSR count). The molecule has 1 saturated carbocycles. The fourth-order valence-electron chi connectivity index (χ4n) is 2.90. The van der Waals surface area contributed by atoms with Gasteiger partial charge >= 0.3 is 0 Å². The molecular formula is C18H19ClN2O3. The number of aliphatic hydroxyl groups is 2. The maximum atomic E-state index is 12.4. The Bertz CT molecular complexity index is 710. The number of carbonyl (C=O) groups excluding carboxylic acids is 1. The first kappa shape index (κ1) is 16.9. The number of benzene rings is 1. The van der Waals surface area contributed by atoms with Gasteiger partial charge in [0.05, 0.1) is 12.6 Å². The SMILES string of the molecule is O=C(N[C@@H](CO)[C@H](O)c1cccnc1)[C@@H]1C[C@H]1c1ccccc1Cl. The molecule has 1 aliphatic rings. The van der Waals surface area contributed by atoms with Crippen molar-refractivity contribution >= 4 is 17.5 Å². The molecule has 0 radical (unpaired) electrons. The van der Waals surface area contributed by atoms with Crippen molar-refractivity contribution in [2.75, 3.05) is 6.61 Å². The zero-order chi connectivity index (χ0) is 17.1. The normalized spacial score (nSPS) is 21.8. The van der Waals surface area contributed by atoms with Crippen LogP contribution < -0.4 is 5.32 Å². The van der Waals surface area contributed by atoms with E-state index in [1.165, 1.54) is 6.20 Å². The van der Waals surface area contributed by atoms with Gasteiger partial charge in [-0.05, 0) is 30.0 Å².